The molecule has 2 aliphatic rings. The Balaban J connectivity index is 2.40. The van der Waals surface area contributed by atoms with Crippen LogP contribution in [0.4, 0.5) is 0 Å². The second-order valence-corrected chi connectivity index (χ2v) is 4.41. The van der Waals surface area contributed by atoms with Gasteiger partial charge in [0.1, 0.15) is 5.41 Å². The van der Waals surface area contributed by atoms with Gasteiger partial charge in [-0.25, -0.2) is 0 Å². The summed E-state index contributed by atoms with van der Waals surface area (Å²) in [5.74, 6) is -0.263. The van der Waals surface area contributed by atoms with Crippen LogP contribution in [-0.2, 0) is 14.3 Å². The fraction of sp³-hybridized carbons (Fsp3) is 0.667. The summed E-state index contributed by atoms with van der Waals surface area (Å²) in [5.41, 5.74) is -0.950. The first-order valence-corrected chi connectivity index (χ1v) is 5.51. The van der Waals surface area contributed by atoms with Gasteiger partial charge >= 0.3 is 5.97 Å². The van der Waals surface area contributed by atoms with Crippen LogP contribution in [0.2, 0.25) is 0 Å². The van der Waals surface area contributed by atoms with Crippen molar-refractivity contribution >= 4 is 11.8 Å². The largest absolute Gasteiger partial charge is 0.468 e. The molecule has 0 N–H and O–H groups in total. The van der Waals surface area contributed by atoms with E-state index in [9.17, 15) is 9.59 Å². The summed E-state index contributed by atoms with van der Waals surface area (Å²) >= 11 is 0. The molecular formula is C12H16O3. The van der Waals surface area contributed by atoms with Gasteiger partial charge in [-0.3, -0.25) is 9.59 Å². The molecule has 0 heterocycles. The zero-order valence-electron chi connectivity index (χ0n) is 8.99. The molecule has 2 aliphatic carbocycles. The van der Waals surface area contributed by atoms with Crippen molar-refractivity contribution < 1.29 is 14.3 Å². The van der Waals surface area contributed by atoms with Gasteiger partial charge in [-0.15, -0.1) is 0 Å². The molecular weight excluding hydrogens is 192 g/mol. The van der Waals surface area contributed by atoms with E-state index in [1.54, 1.807) is 6.08 Å². The van der Waals surface area contributed by atoms with E-state index in [1.165, 1.54) is 7.11 Å². The standard InChI is InChI=1S/C12H16O3/c1-15-11(14)12-7-3-2-5-9(10(12)13)6-4-8-12/h4,8-9H,2-3,5-7H2,1H3/t9-,12-/m1/s1. The maximum Gasteiger partial charge on any atom is 0.323 e. The first kappa shape index (κ1) is 10.4. The zero-order chi connectivity index (χ0) is 10.9. The molecule has 3 nitrogen and oxygen atoms in total. The second kappa shape index (κ2) is 3.80. The second-order valence-electron chi connectivity index (χ2n) is 4.41. The molecule has 0 aromatic rings. The SMILES string of the molecule is COC(=O)[C@@]12C=CC[C@@H](CCCC1)C2=O. The summed E-state index contributed by atoms with van der Waals surface area (Å²) in [6, 6.07) is 0. The number of fused-ring (bicyclic) bond motifs is 2. The van der Waals surface area contributed by atoms with Crippen LogP contribution in [0.25, 0.3) is 0 Å². The highest BCUT2D eigenvalue weighted by Gasteiger charge is 2.49. The van der Waals surface area contributed by atoms with Gasteiger partial charge in [0, 0.05) is 5.92 Å². The number of rotatable bonds is 1. The summed E-state index contributed by atoms with van der Waals surface area (Å²) in [6.45, 7) is 0. The third-order valence-corrected chi connectivity index (χ3v) is 3.56. The molecule has 2 rings (SSSR count). The fourth-order valence-electron chi connectivity index (χ4n) is 2.69. The van der Waals surface area contributed by atoms with Crippen molar-refractivity contribution in [2.45, 2.75) is 32.1 Å². The van der Waals surface area contributed by atoms with Crippen molar-refractivity contribution in [3.05, 3.63) is 12.2 Å². The zero-order valence-corrected chi connectivity index (χ0v) is 8.99. The molecule has 1 saturated carbocycles. The van der Waals surface area contributed by atoms with Crippen LogP contribution in [0.15, 0.2) is 12.2 Å². The Morgan fingerprint density at radius 1 is 1.53 bits per heavy atom. The minimum atomic E-state index is -0.950. The normalized spacial score (nSPS) is 34.7. The van der Waals surface area contributed by atoms with Gasteiger partial charge in [0.2, 0.25) is 0 Å². The Labute approximate surface area is 89.5 Å². The summed E-state index contributed by atoms with van der Waals surface area (Å²) in [6.07, 6.45) is 8.03. The number of methoxy groups -OCH3 is 1. The highest BCUT2D eigenvalue weighted by atomic mass is 16.5. The summed E-state index contributed by atoms with van der Waals surface area (Å²) in [4.78, 5) is 24.0. The van der Waals surface area contributed by atoms with Crippen molar-refractivity contribution in [3.8, 4) is 0 Å². The van der Waals surface area contributed by atoms with Crippen LogP contribution in [-0.4, -0.2) is 18.9 Å². The van der Waals surface area contributed by atoms with Crippen LogP contribution >= 0.6 is 0 Å². The number of hydrogen-bond donors (Lipinski definition) is 0. The van der Waals surface area contributed by atoms with Crippen LogP contribution in [0, 0.1) is 11.3 Å². The van der Waals surface area contributed by atoms with Gasteiger partial charge in [0.05, 0.1) is 7.11 Å². The predicted molar refractivity (Wildman–Crippen MR) is 55.2 cm³/mol. The number of ketones is 1. The van der Waals surface area contributed by atoms with Gasteiger partial charge in [-0.1, -0.05) is 25.0 Å². The minimum Gasteiger partial charge on any atom is -0.468 e. The monoisotopic (exact) mass is 208 g/mol. The van der Waals surface area contributed by atoms with Crippen molar-refractivity contribution in [2.24, 2.45) is 11.3 Å². The molecule has 3 heteroatoms. The molecule has 0 aromatic carbocycles. The van der Waals surface area contributed by atoms with E-state index in [-0.39, 0.29) is 17.7 Å². The lowest BCUT2D eigenvalue weighted by Gasteiger charge is -2.30. The van der Waals surface area contributed by atoms with Crippen molar-refractivity contribution in [2.75, 3.05) is 7.11 Å². The number of Topliss-reactive ketones (excluding diaryl/α,β-unsaturated/α-hetero) is 1. The first-order chi connectivity index (χ1) is 7.20. The molecule has 0 saturated heterocycles. The Morgan fingerprint density at radius 3 is 3.07 bits per heavy atom. The van der Waals surface area contributed by atoms with Gasteiger partial charge in [0.15, 0.2) is 5.78 Å². The summed E-state index contributed by atoms with van der Waals surface area (Å²) < 4.78 is 4.78. The first-order valence-electron chi connectivity index (χ1n) is 5.51. The molecule has 0 unspecified atom stereocenters. The van der Waals surface area contributed by atoms with Gasteiger partial charge in [-0.2, -0.15) is 0 Å². The number of carbonyl (C=O) groups excluding carboxylic acids is 2. The summed E-state index contributed by atoms with van der Waals surface area (Å²) in [7, 11) is 1.35. The average Bonchev–Trinajstić information content (AvgIpc) is 2.38. The molecule has 2 bridgehead atoms. The topological polar surface area (TPSA) is 43.4 Å². The Kier molecular flexibility index (Phi) is 2.63. The van der Waals surface area contributed by atoms with Crippen molar-refractivity contribution in [1.29, 1.82) is 0 Å². The maximum absolute atomic E-state index is 12.2. The Bertz CT molecular complexity index is 319. The number of hydrogen-bond acceptors (Lipinski definition) is 3. The fourth-order valence-corrected chi connectivity index (χ4v) is 2.69. The lowest BCUT2D eigenvalue weighted by Crippen LogP contribution is -2.42. The van der Waals surface area contributed by atoms with Gasteiger partial charge in [0.25, 0.3) is 0 Å². The van der Waals surface area contributed by atoms with E-state index in [0.717, 1.165) is 25.7 Å². The Morgan fingerprint density at radius 2 is 2.33 bits per heavy atom. The molecule has 2 atom stereocenters. The van der Waals surface area contributed by atoms with E-state index >= 15 is 0 Å². The molecule has 0 aliphatic heterocycles. The molecule has 0 aromatic heterocycles. The average molecular weight is 208 g/mol. The summed E-state index contributed by atoms with van der Waals surface area (Å²) in [5, 5.41) is 0. The molecule has 0 amide bonds. The highest BCUT2D eigenvalue weighted by molar-refractivity contribution is 6.07. The van der Waals surface area contributed by atoms with Gasteiger partial charge in [-0.05, 0) is 19.3 Å². The van der Waals surface area contributed by atoms with Crippen molar-refractivity contribution in [3.63, 3.8) is 0 Å². The number of esters is 1. The Hall–Kier alpha value is -1.12. The van der Waals surface area contributed by atoms with Gasteiger partial charge < -0.3 is 4.74 Å². The lowest BCUT2D eigenvalue weighted by atomic mass is 9.71. The highest BCUT2D eigenvalue weighted by Crippen LogP contribution is 2.41. The number of allylic oxidation sites excluding steroid dienone is 1. The third kappa shape index (κ3) is 1.50. The van der Waals surface area contributed by atoms with E-state index in [2.05, 4.69) is 0 Å². The van der Waals surface area contributed by atoms with Crippen LogP contribution in [0.1, 0.15) is 32.1 Å². The predicted octanol–water partition coefficient (Wildman–Crippen LogP) is 1.86. The molecule has 0 radical (unpaired) electrons. The van der Waals surface area contributed by atoms with E-state index in [4.69, 9.17) is 4.74 Å². The van der Waals surface area contributed by atoms with E-state index in [0.29, 0.717) is 6.42 Å². The molecule has 1 fully saturated rings. The smallest absolute Gasteiger partial charge is 0.323 e. The van der Waals surface area contributed by atoms with E-state index in [1.807, 2.05) is 6.08 Å². The van der Waals surface area contributed by atoms with E-state index < -0.39 is 5.41 Å². The molecule has 15 heavy (non-hydrogen) atoms. The van der Waals surface area contributed by atoms with Crippen LogP contribution in [0.3, 0.4) is 0 Å². The number of ether oxygens (including phenoxy) is 1. The van der Waals surface area contributed by atoms with Crippen LogP contribution in [0.5, 0.6) is 0 Å². The third-order valence-electron chi connectivity index (χ3n) is 3.56. The lowest BCUT2D eigenvalue weighted by molar-refractivity contribution is -0.156. The molecule has 82 valence electrons. The van der Waals surface area contributed by atoms with Crippen molar-refractivity contribution in [1.82, 2.24) is 0 Å². The maximum atomic E-state index is 12.2. The van der Waals surface area contributed by atoms with Crippen LogP contribution < -0.4 is 0 Å². The molecule has 0 spiro atoms. The minimum absolute atomic E-state index is 0.0385. The quantitative estimate of drug-likeness (QED) is 0.375. The number of carbonyl (C=O) groups is 2.